The Morgan fingerprint density at radius 1 is 1.05 bits per heavy atom. The first-order chi connectivity index (χ1) is 9.34. The third kappa shape index (κ3) is 8.47. The van der Waals surface area contributed by atoms with Crippen LogP contribution in [0.2, 0.25) is 0 Å². The van der Waals surface area contributed by atoms with Crippen LogP contribution in [0.25, 0.3) is 6.08 Å². The molecule has 0 bridgehead atoms. The van der Waals surface area contributed by atoms with Gasteiger partial charge in [-0.15, -0.1) is 0 Å². The van der Waals surface area contributed by atoms with Crippen LogP contribution in [0.1, 0.15) is 19.4 Å². The molecule has 1 rings (SSSR count). The fourth-order valence-corrected chi connectivity index (χ4v) is 0.939. The van der Waals surface area contributed by atoms with Gasteiger partial charge in [0.05, 0.1) is 0 Å². The first kappa shape index (κ1) is 17.4. The molecule has 4 heteroatoms. The van der Waals surface area contributed by atoms with Gasteiger partial charge in [-0.3, -0.25) is 0 Å². The summed E-state index contributed by atoms with van der Waals surface area (Å²) in [6.07, 6.45) is 5.18. The zero-order valence-electron chi connectivity index (χ0n) is 11.5. The van der Waals surface area contributed by atoms with Gasteiger partial charge < -0.3 is 10.2 Å². The molecule has 0 radical (unpaired) electrons. The standard InChI is InChI=1S/C12H12O2.C4H6O2/c1-10(12(13)14)6-5-9-11-7-3-2-4-8-11;1-3(2)4(5)6/h2-9H,1H3,(H,13,14);1H2,2H3,(H,5,6). The largest absolute Gasteiger partial charge is 0.478 e. The molecule has 0 spiro atoms. The lowest BCUT2D eigenvalue weighted by Crippen LogP contribution is -1.94. The average molecular weight is 274 g/mol. The maximum Gasteiger partial charge on any atom is 0.331 e. The first-order valence-corrected chi connectivity index (χ1v) is 5.86. The van der Waals surface area contributed by atoms with Gasteiger partial charge in [-0.2, -0.15) is 0 Å². The number of hydrogen-bond donors (Lipinski definition) is 2. The predicted molar refractivity (Wildman–Crippen MR) is 79.3 cm³/mol. The second-order valence-corrected chi connectivity index (χ2v) is 4.01. The minimum atomic E-state index is -0.935. The summed E-state index contributed by atoms with van der Waals surface area (Å²) in [6.45, 7) is 6.17. The van der Waals surface area contributed by atoms with E-state index in [1.165, 1.54) is 6.92 Å². The van der Waals surface area contributed by atoms with Crippen LogP contribution in [-0.2, 0) is 9.59 Å². The molecule has 106 valence electrons. The van der Waals surface area contributed by atoms with Crippen LogP contribution in [0.4, 0.5) is 0 Å². The third-order valence-corrected chi connectivity index (χ3v) is 2.14. The van der Waals surface area contributed by atoms with E-state index >= 15 is 0 Å². The number of benzene rings is 1. The Morgan fingerprint density at radius 2 is 1.55 bits per heavy atom. The number of aliphatic carboxylic acids is 2. The molecule has 0 saturated heterocycles. The van der Waals surface area contributed by atoms with E-state index in [-0.39, 0.29) is 5.57 Å². The smallest absolute Gasteiger partial charge is 0.331 e. The van der Waals surface area contributed by atoms with Crippen molar-refractivity contribution in [1.82, 2.24) is 0 Å². The van der Waals surface area contributed by atoms with E-state index in [4.69, 9.17) is 10.2 Å². The van der Waals surface area contributed by atoms with Crippen molar-refractivity contribution in [3.8, 4) is 0 Å². The highest BCUT2D eigenvalue weighted by atomic mass is 16.4. The molecule has 20 heavy (non-hydrogen) atoms. The van der Waals surface area contributed by atoms with E-state index in [1.54, 1.807) is 19.1 Å². The second kappa shape index (κ2) is 9.33. The molecule has 0 heterocycles. The molecular formula is C16H18O4. The van der Waals surface area contributed by atoms with Crippen molar-refractivity contribution in [1.29, 1.82) is 0 Å². The number of allylic oxidation sites excluding steroid dienone is 2. The summed E-state index contributed by atoms with van der Waals surface area (Å²) in [4.78, 5) is 20.0. The molecule has 0 fully saturated rings. The molecule has 0 aliphatic heterocycles. The number of rotatable bonds is 4. The lowest BCUT2D eigenvalue weighted by Gasteiger charge is -1.90. The van der Waals surface area contributed by atoms with Crippen molar-refractivity contribution in [2.24, 2.45) is 0 Å². The highest BCUT2D eigenvalue weighted by Gasteiger charge is 1.95. The molecule has 0 saturated carbocycles. The van der Waals surface area contributed by atoms with Crippen molar-refractivity contribution >= 4 is 18.0 Å². The summed E-state index contributed by atoms with van der Waals surface area (Å²) < 4.78 is 0. The number of carboxylic acid groups (broad SMARTS) is 2. The minimum absolute atomic E-state index is 0.176. The van der Waals surface area contributed by atoms with Crippen molar-refractivity contribution in [3.63, 3.8) is 0 Å². The molecule has 0 aliphatic rings. The molecule has 1 aromatic rings. The molecule has 0 unspecified atom stereocenters. The van der Waals surface area contributed by atoms with Gasteiger partial charge in [-0.05, 0) is 19.4 Å². The zero-order valence-corrected chi connectivity index (χ0v) is 11.5. The third-order valence-electron chi connectivity index (χ3n) is 2.14. The van der Waals surface area contributed by atoms with Crippen LogP contribution in [0, 0.1) is 0 Å². The summed E-state index contributed by atoms with van der Waals surface area (Å²) in [5, 5.41) is 16.5. The summed E-state index contributed by atoms with van der Waals surface area (Å²) >= 11 is 0. The van der Waals surface area contributed by atoms with E-state index in [9.17, 15) is 9.59 Å². The van der Waals surface area contributed by atoms with Gasteiger partial charge in [0.15, 0.2) is 0 Å². The highest BCUT2D eigenvalue weighted by molar-refractivity contribution is 5.86. The van der Waals surface area contributed by atoms with Crippen molar-refractivity contribution in [2.45, 2.75) is 13.8 Å². The molecule has 0 aromatic heterocycles. The van der Waals surface area contributed by atoms with Crippen LogP contribution in [-0.4, -0.2) is 22.2 Å². The lowest BCUT2D eigenvalue weighted by molar-refractivity contribution is -0.133. The Kier molecular flexibility index (Phi) is 8.11. The van der Waals surface area contributed by atoms with Gasteiger partial charge in [0, 0.05) is 11.1 Å². The fourth-order valence-electron chi connectivity index (χ4n) is 0.939. The summed E-state index contributed by atoms with van der Waals surface area (Å²) in [6, 6.07) is 9.73. The maximum absolute atomic E-state index is 10.4. The van der Waals surface area contributed by atoms with Gasteiger partial charge in [-0.25, -0.2) is 9.59 Å². The Bertz CT molecular complexity index is 513. The average Bonchev–Trinajstić information content (AvgIpc) is 2.40. The van der Waals surface area contributed by atoms with Gasteiger partial charge in [-0.1, -0.05) is 55.1 Å². The maximum atomic E-state index is 10.4. The van der Waals surface area contributed by atoms with Crippen molar-refractivity contribution < 1.29 is 19.8 Å². The van der Waals surface area contributed by atoms with E-state index in [0.29, 0.717) is 5.57 Å². The second-order valence-electron chi connectivity index (χ2n) is 4.01. The summed E-state index contributed by atoms with van der Waals surface area (Å²) in [5.41, 5.74) is 1.56. The zero-order chi connectivity index (χ0) is 15.5. The van der Waals surface area contributed by atoms with Crippen molar-refractivity contribution in [3.05, 3.63) is 65.8 Å². The number of carboxylic acids is 2. The Labute approximate surface area is 118 Å². The van der Waals surface area contributed by atoms with E-state index in [1.807, 2.05) is 36.4 Å². The SMILES string of the molecule is C=C(C)C(=O)O.CC(=CC=Cc1ccccc1)C(=O)O. The molecule has 4 nitrogen and oxygen atoms in total. The monoisotopic (exact) mass is 274 g/mol. The minimum Gasteiger partial charge on any atom is -0.478 e. The molecule has 2 N–H and O–H groups in total. The molecule has 0 amide bonds. The Balaban J connectivity index is 0.000000511. The normalized spacial score (nSPS) is 10.6. The quantitative estimate of drug-likeness (QED) is 0.652. The Morgan fingerprint density at radius 3 is 1.95 bits per heavy atom. The van der Waals surface area contributed by atoms with Crippen LogP contribution in [0.15, 0.2) is 60.2 Å². The van der Waals surface area contributed by atoms with Gasteiger partial charge in [0.1, 0.15) is 0 Å². The number of hydrogen-bond acceptors (Lipinski definition) is 2. The number of carbonyl (C=O) groups is 2. The van der Waals surface area contributed by atoms with Crippen LogP contribution in [0.5, 0.6) is 0 Å². The lowest BCUT2D eigenvalue weighted by atomic mass is 10.2. The van der Waals surface area contributed by atoms with E-state index in [0.717, 1.165) is 5.56 Å². The summed E-state index contributed by atoms with van der Waals surface area (Å²) in [5.74, 6) is -1.82. The first-order valence-electron chi connectivity index (χ1n) is 5.86. The van der Waals surface area contributed by atoms with Gasteiger partial charge >= 0.3 is 11.9 Å². The molecular weight excluding hydrogens is 256 g/mol. The van der Waals surface area contributed by atoms with E-state index in [2.05, 4.69) is 6.58 Å². The van der Waals surface area contributed by atoms with Crippen LogP contribution in [0.3, 0.4) is 0 Å². The molecule has 0 aliphatic carbocycles. The summed E-state index contributed by atoms with van der Waals surface area (Å²) in [7, 11) is 0. The van der Waals surface area contributed by atoms with Gasteiger partial charge in [0.25, 0.3) is 0 Å². The molecule has 0 atom stereocenters. The van der Waals surface area contributed by atoms with Crippen LogP contribution < -0.4 is 0 Å². The fraction of sp³-hybridized carbons (Fsp3) is 0.125. The van der Waals surface area contributed by atoms with Crippen LogP contribution >= 0.6 is 0 Å². The van der Waals surface area contributed by atoms with Gasteiger partial charge in [0.2, 0.25) is 0 Å². The van der Waals surface area contributed by atoms with Crippen molar-refractivity contribution in [2.75, 3.05) is 0 Å². The predicted octanol–water partition coefficient (Wildman–Crippen LogP) is 3.38. The molecule has 1 aromatic carbocycles. The Hall–Kier alpha value is -2.62. The highest BCUT2D eigenvalue weighted by Crippen LogP contribution is 2.02. The topological polar surface area (TPSA) is 74.6 Å². The van der Waals surface area contributed by atoms with E-state index < -0.39 is 11.9 Å².